The molecule has 1 unspecified atom stereocenters. The molecule has 0 aromatic carbocycles. The van der Waals surface area contributed by atoms with Crippen LogP contribution in [0.25, 0.3) is 0 Å². The van der Waals surface area contributed by atoms with E-state index in [2.05, 4.69) is 38.9 Å². The minimum atomic E-state index is 0. The first-order valence-corrected chi connectivity index (χ1v) is 8.31. The highest BCUT2D eigenvalue weighted by molar-refractivity contribution is 14.0. The maximum absolute atomic E-state index is 6.13. The maximum atomic E-state index is 6.13. The number of likely N-dealkylation sites (tertiary alicyclic amines) is 1. The first-order valence-electron chi connectivity index (χ1n) is 8.31. The second-order valence-electron chi connectivity index (χ2n) is 6.59. The monoisotopic (exact) mass is 417 g/mol. The molecular weight excluding hydrogens is 389 g/mol. The molecule has 0 bridgehead atoms. The summed E-state index contributed by atoms with van der Waals surface area (Å²) in [4.78, 5) is 6.75. The Bertz CT molecular complexity index is 492. The quantitative estimate of drug-likeness (QED) is 0.467. The van der Waals surface area contributed by atoms with Crippen LogP contribution in [0, 0.1) is 5.92 Å². The van der Waals surface area contributed by atoms with Crippen LogP contribution in [-0.2, 0) is 6.54 Å². The Labute approximate surface area is 150 Å². The summed E-state index contributed by atoms with van der Waals surface area (Å²) in [6.45, 7) is 4.95. The molecule has 2 heterocycles. The van der Waals surface area contributed by atoms with Crippen LogP contribution in [0.2, 0.25) is 0 Å². The van der Waals surface area contributed by atoms with Crippen molar-refractivity contribution in [3.63, 3.8) is 0 Å². The highest BCUT2D eigenvalue weighted by atomic mass is 127. The minimum absolute atomic E-state index is 0. The van der Waals surface area contributed by atoms with Gasteiger partial charge in [0.15, 0.2) is 5.96 Å². The Morgan fingerprint density at radius 3 is 2.82 bits per heavy atom. The normalized spacial score (nSPS) is 23.6. The van der Waals surface area contributed by atoms with Gasteiger partial charge in [-0.3, -0.25) is 4.68 Å². The topological polar surface area (TPSA) is 59.4 Å². The highest BCUT2D eigenvalue weighted by Gasteiger charge is 2.19. The van der Waals surface area contributed by atoms with Gasteiger partial charge in [0.05, 0.1) is 18.3 Å². The van der Waals surface area contributed by atoms with Crippen molar-refractivity contribution >= 4 is 29.9 Å². The van der Waals surface area contributed by atoms with Gasteiger partial charge in [-0.2, -0.15) is 5.10 Å². The van der Waals surface area contributed by atoms with E-state index in [1.165, 1.54) is 38.5 Å². The number of aliphatic imine (C=N–C) groups is 1. The minimum Gasteiger partial charge on any atom is -0.370 e. The van der Waals surface area contributed by atoms with Gasteiger partial charge in [0.25, 0.3) is 0 Å². The third kappa shape index (κ3) is 4.36. The van der Waals surface area contributed by atoms with Crippen molar-refractivity contribution in [1.82, 2.24) is 14.7 Å². The number of halogens is 1. The molecule has 3 rings (SSSR count). The number of nitrogens with zero attached hydrogens (tertiary/aromatic N) is 4. The molecule has 124 valence electrons. The predicted octanol–water partition coefficient (Wildman–Crippen LogP) is 3.16. The van der Waals surface area contributed by atoms with E-state index >= 15 is 0 Å². The van der Waals surface area contributed by atoms with Gasteiger partial charge in [-0.1, -0.05) is 19.8 Å². The molecule has 0 radical (unpaired) electrons. The first kappa shape index (κ1) is 17.6. The van der Waals surface area contributed by atoms with Crippen molar-refractivity contribution in [3.8, 4) is 0 Å². The SMILES string of the molecule is CC1CCCN(C(N)=NCc2ccn(C3CCCC3)n2)C1.I. The second kappa shape index (κ2) is 8.17. The number of hydrogen-bond donors (Lipinski definition) is 1. The highest BCUT2D eigenvalue weighted by Crippen LogP contribution is 2.28. The summed E-state index contributed by atoms with van der Waals surface area (Å²) >= 11 is 0. The van der Waals surface area contributed by atoms with Gasteiger partial charge in [0.2, 0.25) is 0 Å². The summed E-state index contributed by atoms with van der Waals surface area (Å²) in [6.07, 6.45) is 9.80. The van der Waals surface area contributed by atoms with Gasteiger partial charge in [0.1, 0.15) is 0 Å². The van der Waals surface area contributed by atoms with Gasteiger partial charge >= 0.3 is 0 Å². The number of piperidine rings is 1. The van der Waals surface area contributed by atoms with Crippen molar-refractivity contribution < 1.29 is 0 Å². The molecule has 22 heavy (non-hydrogen) atoms. The van der Waals surface area contributed by atoms with Crippen LogP contribution in [0.15, 0.2) is 17.3 Å². The molecule has 6 heteroatoms. The van der Waals surface area contributed by atoms with Crippen molar-refractivity contribution in [2.45, 2.75) is 58.0 Å². The average Bonchev–Trinajstić information content (AvgIpc) is 3.15. The summed E-state index contributed by atoms with van der Waals surface area (Å²) in [5.41, 5.74) is 7.15. The zero-order chi connectivity index (χ0) is 14.7. The van der Waals surface area contributed by atoms with Crippen LogP contribution >= 0.6 is 24.0 Å². The zero-order valence-corrected chi connectivity index (χ0v) is 15.8. The summed E-state index contributed by atoms with van der Waals surface area (Å²) in [6, 6.07) is 2.68. The van der Waals surface area contributed by atoms with Gasteiger partial charge < -0.3 is 10.6 Å². The fourth-order valence-electron chi connectivity index (χ4n) is 3.49. The van der Waals surface area contributed by atoms with E-state index in [9.17, 15) is 0 Å². The third-order valence-electron chi connectivity index (χ3n) is 4.75. The number of guanidine groups is 1. The molecule has 1 aliphatic carbocycles. The van der Waals surface area contributed by atoms with Crippen LogP contribution < -0.4 is 5.73 Å². The number of rotatable bonds is 3. The van der Waals surface area contributed by atoms with Crippen LogP contribution in [-0.4, -0.2) is 33.7 Å². The third-order valence-corrected chi connectivity index (χ3v) is 4.75. The van der Waals surface area contributed by atoms with E-state index in [0.717, 1.165) is 18.8 Å². The van der Waals surface area contributed by atoms with E-state index in [-0.39, 0.29) is 24.0 Å². The Morgan fingerprint density at radius 1 is 1.32 bits per heavy atom. The van der Waals surface area contributed by atoms with Crippen LogP contribution in [0.1, 0.15) is 57.2 Å². The van der Waals surface area contributed by atoms with Gasteiger partial charge in [-0.05, 0) is 37.7 Å². The lowest BCUT2D eigenvalue weighted by atomic mass is 10.0. The average molecular weight is 417 g/mol. The Hall–Kier alpha value is -0.790. The van der Waals surface area contributed by atoms with Crippen molar-refractivity contribution in [2.24, 2.45) is 16.6 Å². The summed E-state index contributed by atoms with van der Waals surface area (Å²) in [5.74, 6) is 1.39. The van der Waals surface area contributed by atoms with E-state index in [1.807, 2.05) is 0 Å². The molecule has 1 aromatic heterocycles. The lowest BCUT2D eigenvalue weighted by Gasteiger charge is -2.31. The smallest absolute Gasteiger partial charge is 0.191 e. The maximum Gasteiger partial charge on any atom is 0.191 e. The molecule has 0 spiro atoms. The van der Waals surface area contributed by atoms with Crippen LogP contribution in [0.4, 0.5) is 0 Å². The summed E-state index contributed by atoms with van der Waals surface area (Å²) in [7, 11) is 0. The Kier molecular flexibility index (Phi) is 6.52. The fraction of sp³-hybridized carbons (Fsp3) is 0.750. The predicted molar refractivity (Wildman–Crippen MR) is 100 cm³/mol. The van der Waals surface area contributed by atoms with E-state index in [4.69, 9.17) is 5.73 Å². The van der Waals surface area contributed by atoms with E-state index < -0.39 is 0 Å². The second-order valence-corrected chi connectivity index (χ2v) is 6.59. The number of hydrogen-bond acceptors (Lipinski definition) is 2. The molecule has 1 saturated heterocycles. The Balaban J connectivity index is 0.00000176. The lowest BCUT2D eigenvalue weighted by Crippen LogP contribution is -2.43. The molecule has 1 saturated carbocycles. The number of aromatic nitrogens is 2. The summed E-state index contributed by atoms with van der Waals surface area (Å²) in [5, 5.41) is 4.66. The van der Waals surface area contributed by atoms with Crippen molar-refractivity contribution in [2.75, 3.05) is 13.1 Å². The molecule has 1 aromatic rings. The number of nitrogens with two attached hydrogens (primary N) is 1. The van der Waals surface area contributed by atoms with Crippen LogP contribution in [0.3, 0.4) is 0 Å². The molecule has 2 N–H and O–H groups in total. The molecule has 2 aliphatic rings. The molecule has 0 amide bonds. The van der Waals surface area contributed by atoms with Crippen molar-refractivity contribution in [3.05, 3.63) is 18.0 Å². The van der Waals surface area contributed by atoms with Gasteiger partial charge in [-0.15, -0.1) is 24.0 Å². The zero-order valence-electron chi connectivity index (χ0n) is 13.4. The van der Waals surface area contributed by atoms with Gasteiger partial charge in [-0.25, -0.2) is 4.99 Å². The standard InChI is InChI=1S/C16H27N5.HI/c1-13-5-4-9-20(12-13)16(17)18-11-14-8-10-21(19-14)15-6-2-3-7-15;/h8,10,13,15H,2-7,9,11-12H2,1H3,(H2,17,18);1H. The molecule has 5 nitrogen and oxygen atoms in total. The van der Waals surface area contributed by atoms with E-state index in [1.54, 1.807) is 0 Å². The van der Waals surface area contributed by atoms with E-state index in [0.29, 0.717) is 24.5 Å². The fourth-order valence-corrected chi connectivity index (χ4v) is 3.49. The molecule has 1 aliphatic heterocycles. The van der Waals surface area contributed by atoms with Gasteiger partial charge in [0, 0.05) is 19.3 Å². The first-order chi connectivity index (χ1) is 10.2. The van der Waals surface area contributed by atoms with Crippen molar-refractivity contribution in [1.29, 1.82) is 0 Å². The van der Waals surface area contributed by atoms with Crippen LogP contribution in [0.5, 0.6) is 0 Å². The molecule has 2 fully saturated rings. The molecular formula is C16H28IN5. The lowest BCUT2D eigenvalue weighted by molar-refractivity contribution is 0.270. The molecule has 1 atom stereocenters. The summed E-state index contributed by atoms with van der Waals surface area (Å²) < 4.78 is 2.12. The Morgan fingerprint density at radius 2 is 2.09 bits per heavy atom. The largest absolute Gasteiger partial charge is 0.370 e.